The molecule has 124 valence electrons. The molecule has 0 aliphatic carbocycles. The summed E-state index contributed by atoms with van der Waals surface area (Å²) in [6, 6.07) is 0. The molecule has 0 N–H and O–H groups in total. The van der Waals surface area contributed by atoms with Crippen molar-refractivity contribution in [2.75, 3.05) is 33.2 Å². The number of amidine groups is 2. The molecular formula is C17H30N4O. The van der Waals surface area contributed by atoms with Gasteiger partial charge in [0.1, 0.15) is 5.84 Å². The van der Waals surface area contributed by atoms with Gasteiger partial charge in [-0.25, -0.2) is 0 Å². The van der Waals surface area contributed by atoms with Crippen molar-refractivity contribution in [1.29, 1.82) is 0 Å². The number of carbonyl (C=O) groups is 1. The first-order chi connectivity index (χ1) is 10.7. The fourth-order valence-corrected chi connectivity index (χ4v) is 3.05. The second-order valence-corrected chi connectivity index (χ2v) is 6.23. The topological polar surface area (TPSA) is 48.3 Å². The van der Waals surface area contributed by atoms with Gasteiger partial charge in [-0.15, -0.1) is 0 Å². The van der Waals surface area contributed by atoms with E-state index >= 15 is 0 Å². The van der Waals surface area contributed by atoms with Gasteiger partial charge in [-0.1, -0.05) is 19.8 Å². The molecule has 2 rings (SSSR count). The number of hydrogen-bond acceptors (Lipinski definition) is 4. The predicted molar refractivity (Wildman–Crippen MR) is 91.6 cm³/mol. The lowest BCUT2D eigenvalue weighted by molar-refractivity contribution is -0.127. The number of unbranched alkanes of at least 4 members (excludes halogenated alkanes) is 3. The first-order valence-corrected chi connectivity index (χ1v) is 8.80. The molecule has 0 aromatic rings. The molecule has 0 spiro atoms. The normalized spacial score (nSPS) is 17.9. The number of likely N-dealkylation sites (N-methyl/N-ethyl adjacent to an activating group) is 1. The summed E-state index contributed by atoms with van der Waals surface area (Å²) in [7, 11) is 2.11. The van der Waals surface area contributed by atoms with Crippen LogP contribution in [0, 0.1) is 0 Å². The molecule has 2 aliphatic heterocycles. The molecule has 0 fully saturated rings. The summed E-state index contributed by atoms with van der Waals surface area (Å²) in [6.45, 7) is 5.74. The number of nitrogens with zero attached hydrogens (tertiary/aromatic N) is 4. The zero-order chi connectivity index (χ0) is 15.8. The van der Waals surface area contributed by atoms with Gasteiger partial charge in [-0.3, -0.25) is 19.7 Å². The van der Waals surface area contributed by atoms with Gasteiger partial charge in [0, 0.05) is 39.4 Å². The summed E-state index contributed by atoms with van der Waals surface area (Å²) in [4.78, 5) is 25.5. The molecule has 0 atom stereocenters. The third kappa shape index (κ3) is 4.82. The molecule has 0 aromatic heterocycles. The Hall–Kier alpha value is -1.39. The van der Waals surface area contributed by atoms with E-state index in [0.717, 1.165) is 77.0 Å². The quantitative estimate of drug-likeness (QED) is 0.615. The Morgan fingerprint density at radius 2 is 1.68 bits per heavy atom. The van der Waals surface area contributed by atoms with E-state index in [1.54, 1.807) is 0 Å². The smallest absolute Gasteiger partial charge is 0.227 e. The largest absolute Gasteiger partial charge is 0.362 e. The minimum absolute atomic E-state index is 0.268. The van der Waals surface area contributed by atoms with Crippen LogP contribution >= 0.6 is 0 Å². The van der Waals surface area contributed by atoms with Gasteiger partial charge in [0.2, 0.25) is 5.91 Å². The van der Waals surface area contributed by atoms with Gasteiger partial charge in [-0.2, -0.15) is 0 Å². The highest BCUT2D eigenvalue weighted by atomic mass is 16.2. The maximum absolute atomic E-state index is 12.2. The molecule has 2 aliphatic rings. The maximum atomic E-state index is 12.2. The summed E-state index contributed by atoms with van der Waals surface area (Å²) in [5, 5.41) is 0. The molecule has 0 bridgehead atoms. The number of carbonyl (C=O) groups excluding carboxylic acids is 1. The highest BCUT2D eigenvalue weighted by molar-refractivity contribution is 5.99. The van der Waals surface area contributed by atoms with Crippen molar-refractivity contribution in [3.63, 3.8) is 0 Å². The van der Waals surface area contributed by atoms with Crippen LogP contribution < -0.4 is 0 Å². The van der Waals surface area contributed by atoms with E-state index in [4.69, 9.17) is 0 Å². The van der Waals surface area contributed by atoms with Crippen molar-refractivity contribution in [3.8, 4) is 0 Å². The second kappa shape index (κ2) is 8.91. The van der Waals surface area contributed by atoms with E-state index in [1.165, 1.54) is 5.84 Å². The Balaban J connectivity index is 1.66. The van der Waals surface area contributed by atoms with Crippen molar-refractivity contribution in [3.05, 3.63) is 0 Å². The molecule has 1 amide bonds. The molecule has 0 saturated heterocycles. The van der Waals surface area contributed by atoms with Crippen LogP contribution in [-0.2, 0) is 4.79 Å². The highest BCUT2D eigenvalue weighted by Crippen LogP contribution is 2.14. The van der Waals surface area contributed by atoms with Crippen LogP contribution in [-0.4, -0.2) is 60.6 Å². The Morgan fingerprint density at radius 1 is 1.00 bits per heavy atom. The van der Waals surface area contributed by atoms with Crippen molar-refractivity contribution < 1.29 is 4.79 Å². The lowest BCUT2D eigenvalue weighted by Gasteiger charge is -2.18. The monoisotopic (exact) mass is 306 g/mol. The number of rotatable bonds is 9. The summed E-state index contributed by atoms with van der Waals surface area (Å²) >= 11 is 0. The zero-order valence-electron chi connectivity index (χ0n) is 14.2. The molecule has 2 heterocycles. The molecule has 0 radical (unpaired) electrons. The molecular weight excluding hydrogens is 276 g/mol. The second-order valence-electron chi connectivity index (χ2n) is 6.23. The predicted octanol–water partition coefficient (Wildman–Crippen LogP) is 2.71. The fourth-order valence-electron chi connectivity index (χ4n) is 3.05. The van der Waals surface area contributed by atoms with E-state index in [-0.39, 0.29) is 5.91 Å². The van der Waals surface area contributed by atoms with Crippen LogP contribution in [0.25, 0.3) is 0 Å². The van der Waals surface area contributed by atoms with Crippen LogP contribution in [0.3, 0.4) is 0 Å². The lowest BCUT2D eigenvalue weighted by Crippen LogP contribution is -2.34. The SMILES string of the molecule is CCCCCC(=O)N1CCN=C1CCCCC1=NCCN1C. The first-order valence-electron chi connectivity index (χ1n) is 8.80. The van der Waals surface area contributed by atoms with E-state index in [2.05, 4.69) is 28.9 Å². The van der Waals surface area contributed by atoms with E-state index in [1.807, 2.05) is 4.90 Å². The first kappa shape index (κ1) is 17.0. The third-order valence-corrected chi connectivity index (χ3v) is 4.45. The molecule has 22 heavy (non-hydrogen) atoms. The van der Waals surface area contributed by atoms with Crippen LogP contribution in [0.5, 0.6) is 0 Å². The molecule has 5 heteroatoms. The van der Waals surface area contributed by atoms with Gasteiger partial charge in [0.15, 0.2) is 0 Å². The van der Waals surface area contributed by atoms with Crippen molar-refractivity contribution in [2.24, 2.45) is 9.98 Å². The Labute approximate surface area is 134 Å². The zero-order valence-corrected chi connectivity index (χ0v) is 14.2. The Kier molecular flexibility index (Phi) is 6.87. The molecule has 0 unspecified atom stereocenters. The minimum Gasteiger partial charge on any atom is -0.362 e. The standard InChI is InChI=1S/C17H30N4O/c1-3-4-5-10-17(22)21-14-12-19-16(21)9-7-6-8-15-18-11-13-20(15)2/h3-14H2,1-2H3. The average Bonchev–Trinajstić information content (AvgIpc) is 3.13. The van der Waals surface area contributed by atoms with E-state index in [9.17, 15) is 4.79 Å². The van der Waals surface area contributed by atoms with Crippen molar-refractivity contribution in [1.82, 2.24) is 9.80 Å². The third-order valence-electron chi connectivity index (χ3n) is 4.45. The minimum atomic E-state index is 0.268. The summed E-state index contributed by atoms with van der Waals surface area (Å²) in [5.74, 6) is 2.52. The number of aliphatic imine (C=N–C) groups is 2. The number of amides is 1. The van der Waals surface area contributed by atoms with Crippen LogP contribution in [0.15, 0.2) is 9.98 Å². The summed E-state index contributed by atoms with van der Waals surface area (Å²) in [5.41, 5.74) is 0. The van der Waals surface area contributed by atoms with Crippen molar-refractivity contribution >= 4 is 17.6 Å². The molecule has 0 aromatic carbocycles. The fraction of sp³-hybridized carbons (Fsp3) is 0.824. The molecule has 5 nitrogen and oxygen atoms in total. The summed E-state index contributed by atoms with van der Waals surface area (Å²) < 4.78 is 0. The van der Waals surface area contributed by atoms with E-state index in [0.29, 0.717) is 6.42 Å². The van der Waals surface area contributed by atoms with Crippen LogP contribution in [0.4, 0.5) is 0 Å². The average molecular weight is 306 g/mol. The van der Waals surface area contributed by atoms with Gasteiger partial charge < -0.3 is 4.90 Å². The van der Waals surface area contributed by atoms with Gasteiger partial charge in [0.05, 0.1) is 18.9 Å². The van der Waals surface area contributed by atoms with E-state index < -0.39 is 0 Å². The van der Waals surface area contributed by atoms with Crippen molar-refractivity contribution in [2.45, 2.75) is 58.3 Å². The lowest BCUT2D eigenvalue weighted by atomic mass is 10.1. The molecule has 0 saturated carbocycles. The van der Waals surface area contributed by atoms with Gasteiger partial charge in [-0.05, 0) is 19.3 Å². The Morgan fingerprint density at radius 3 is 2.36 bits per heavy atom. The van der Waals surface area contributed by atoms with Crippen LogP contribution in [0.1, 0.15) is 58.3 Å². The maximum Gasteiger partial charge on any atom is 0.227 e. The van der Waals surface area contributed by atoms with Crippen LogP contribution in [0.2, 0.25) is 0 Å². The van der Waals surface area contributed by atoms with Gasteiger partial charge in [0.25, 0.3) is 0 Å². The number of hydrogen-bond donors (Lipinski definition) is 0. The van der Waals surface area contributed by atoms with Gasteiger partial charge >= 0.3 is 0 Å². The highest BCUT2D eigenvalue weighted by Gasteiger charge is 2.22. The Bertz CT molecular complexity index is 430. The summed E-state index contributed by atoms with van der Waals surface area (Å²) in [6.07, 6.45) is 8.17.